The van der Waals surface area contributed by atoms with Crippen molar-refractivity contribution in [2.24, 2.45) is 5.41 Å². The maximum atomic E-state index is 12.5. The number of ether oxygens (including phenoxy) is 1. The van der Waals surface area contributed by atoms with Crippen LogP contribution in [0.3, 0.4) is 0 Å². The van der Waals surface area contributed by atoms with Gasteiger partial charge >= 0.3 is 5.97 Å². The molecule has 1 rings (SSSR count). The third-order valence-corrected chi connectivity index (χ3v) is 7.33. The molecule has 196 valence electrons. The summed E-state index contributed by atoms with van der Waals surface area (Å²) in [5.74, 6) is -0.175. The summed E-state index contributed by atoms with van der Waals surface area (Å²) in [4.78, 5) is 12.5. The highest BCUT2D eigenvalue weighted by Crippen LogP contribution is 2.32. The van der Waals surface area contributed by atoms with Gasteiger partial charge in [0.2, 0.25) is 0 Å². The molecule has 0 aliphatic rings. The average Bonchev–Trinajstić information content (AvgIpc) is 2.86. The van der Waals surface area contributed by atoms with Crippen LogP contribution in [0.2, 0.25) is 0 Å². The fourth-order valence-electron chi connectivity index (χ4n) is 4.89. The van der Waals surface area contributed by atoms with E-state index in [4.69, 9.17) is 4.74 Å². The second-order valence-corrected chi connectivity index (χ2v) is 10.9. The molecule has 1 atom stereocenters. The van der Waals surface area contributed by atoms with Crippen LogP contribution in [0, 0.1) is 5.41 Å². The molecule has 0 spiro atoms. The van der Waals surface area contributed by atoms with Crippen LogP contribution in [0.1, 0.15) is 160 Å². The van der Waals surface area contributed by atoms with Gasteiger partial charge in [0.15, 0.2) is 0 Å². The third kappa shape index (κ3) is 16.3. The molecule has 0 aliphatic heterocycles. The number of hydrogen-bond acceptors (Lipinski definition) is 2. The van der Waals surface area contributed by atoms with Gasteiger partial charge in [0.1, 0.15) is 0 Å². The molecule has 0 heterocycles. The van der Waals surface area contributed by atoms with E-state index in [9.17, 15) is 4.79 Å². The molecule has 2 heteroatoms. The van der Waals surface area contributed by atoms with Crippen LogP contribution in [0.15, 0.2) is 30.3 Å². The number of carbonyl (C=O) groups is 1. The molecule has 0 saturated carbocycles. The fraction of sp³-hybridized carbons (Fsp3) is 0.781. The SMILES string of the molecule is CCCCCCCCCCCCC(C)(CCCCCCCCCC)COC(=O)c1ccccc1. The van der Waals surface area contributed by atoms with Gasteiger partial charge in [0.25, 0.3) is 0 Å². The van der Waals surface area contributed by atoms with E-state index < -0.39 is 0 Å². The Morgan fingerprint density at radius 1 is 0.618 bits per heavy atom. The molecule has 0 fully saturated rings. The van der Waals surface area contributed by atoms with Gasteiger partial charge in [-0.3, -0.25) is 0 Å². The zero-order valence-electron chi connectivity index (χ0n) is 23.1. The van der Waals surface area contributed by atoms with Gasteiger partial charge in [-0.2, -0.15) is 0 Å². The standard InChI is InChI=1S/C32H56O2/c1-4-6-8-10-12-14-15-17-19-24-28-32(3,27-23-18-16-13-11-9-7-5-2)29-34-31(33)30-25-21-20-22-26-30/h20-22,25-26H,4-19,23-24,27-29H2,1-3H3. The van der Waals surface area contributed by atoms with Gasteiger partial charge in [-0.05, 0) is 25.0 Å². The van der Waals surface area contributed by atoms with Gasteiger partial charge in [-0.15, -0.1) is 0 Å². The number of rotatable bonds is 23. The van der Waals surface area contributed by atoms with E-state index >= 15 is 0 Å². The molecule has 0 aliphatic carbocycles. The van der Waals surface area contributed by atoms with Crippen molar-refractivity contribution in [2.75, 3.05) is 6.61 Å². The largest absolute Gasteiger partial charge is 0.462 e. The monoisotopic (exact) mass is 472 g/mol. The number of esters is 1. The molecule has 2 nitrogen and oxygen atoms in total. The maximum Gasteiger partial charge on any atom is 0.338 e. The van der Waals surface area contributed by atoms with Crippen molar-refractivity contribution < 1.29 is 9.53 Å². The van der Waals surface area contributed by atoms with Crippen molar-refractivity contribution in [1.29, 1.82) is 0 Å². The van der Waals surface area contributed by atoms with Gasteiger partial charge in [-0.25, -0.2) is 4.79 Å². The van der Waals surface area contributed by atoms with Crippen LogP contribution in [-0.2, 0) is 4.74 Å². The summed E-state index contributed by atoms with van der Waals surface area (Å²) in [5, 5.41) is 0. The van der Waals surface area contributed by atoms with E-state index in [1.54, 1.807) is 0 Å². The van der Waals surface area contributed by atoms with E-state index in [0.29, 0.717) is 12.2 Å². The number of hydrogen-bond donors (Lipinski definition) is 0. The lowest BCUT2D eigenvalue weighted by Gasteiger charge is -2.29. The summed E-state index contributed by atoms with van der Waals surface area (Å²) in [6, 6.07) is 9.44. The topological polar surface area (TPSA) is 26.3 Å². The molecule has 0 amide bonds. The van der Waals surface area contributed by atoms with Gasteiger partial charge in [0.05, 0.1) is 12.2 Å². The fourth-order valence-corrected chi connectivity index (χ4v) is 4.89. The summed E-state index contributed by atoms with van der Waals surface area (Å²) < 4.78 is 5.82. The Labute approximate surface area is 212 Å². The van der Waals surface area contributed by atoms with Crippen molar-refractivity contribution in [3.63, 3.8) is 0 Å². The smallest absolute Gasteiger partial charge is 0.338 e. The summed E-state index contributed by atoms with van der Waals surface area (Å²) >= 11 is 0. The highest BCUT2D eigenvalue weighted by atomic mass is 16.5. The van der Waals surface area contributed by atoms with Crippen LogP contribution in [0.5, 0.6) is 0 Å². The lowest BCUT2D eigenvalue weighted by atomic mass is 9.80. The molecular formula is C32H56O2. The Kier molecular flexibility index (Phi) is 19.0. The molecule has 1 aromatic carbocycles. The normalized spacial score (nSPS) is 13.0. The van der Waals surface area contributed by atoms with E-state index in [-0.39, 0.29) is 11.4 Å². The first-order valence-corrected chi connectivity index (χ1v) is 14.8. The van der Waals surface area contributed by atoms with Crippen LogP contribution in [0.4, 0.5) is 0 Å². The van der Waals surface area contributed by atoms with Crippen LogP contribution in [0.25, 0.3) is 0 Å². The van der Waals surface area contributed by atoms with Crippen LogP contribution >= 0.6 is 0 Å². The minimum Gasteiger partial charge on any atom is -0.462 e. The predicted molar refractivity (Wildman–Crippen MR) is 149 cm³/mol. The van der Waals surface area contributed by atoms with Crippen molar-refractivity contribution in [1.82, 2.24) is 0 Å². The molecule has 0 saturated heterocycles. The van der Waals surface area contributed by atoms with Gasteiger partial charge < -0.3 is 4.74 Å². The zero-order valence-corrected chi connectivity index (χ0v) is 23.1. The Morgan fingerprint density at radius 2 is 1.00 bits per heavy atom. The van der Waals surface area contributed by atoms with E-state index in [1.165, 1.54) is 128 Å². The van der Waals surface area contributed by atoms with Crippen molar-refractivity contribution in [2.45, 2.75) is 149 Å². The van der Waals surface area contributed by atoms with E-state index in [1.807, 2.05) is 30.3 Å². The van der Waals surface area contributed by atoms with Crippen molar-refractivity contribution >= 4 is 5.97 Å². The first-order chi connectivity index (χ1) is 16.6. The molecule has 0 aromatic heterocycles. The van der Waals surface area contributed by atoms with Crippen LogP contribution < -0.4 is 0 Å². The van der Waals surface area contributed by atoms with E-state index in [2.05, 4.69) is 20.8 Å². The first-order valence-electron chi connectivity index (χ1n) is 14.8. The number of benzene rings is 1. The number of unbranched alkanes of at least 4 members (excludes halogenated alkanes) is 16. The molecule has 0 radical (unpaired) electrons. The lowest BCUT2D eigenvalue weighted by molar-refractivity contribution is 0.0264. The predicted octanol–water partition coefficient (Wildman–Crippen LogP) is 10.7. The first kappa shape index (κ1) is 30.7. The van der Waals surface area contributed by atoms with Gasteiger partial charge in [-0.1, -0.05) is 155 Å². The molecule has 34 heavy (non-hydrogen) atoms. The Bertz CT molecular complexity index is 582. The molecule has 0 N–H and O–H groups in total. The molecule has 1 aromatic rings. The maximum absolute atomic E-state index is 12.5. The Balaban J connectivity index is 2.33. The summed E-state index contributed by atoms with van der Waals surface area (Å²) in [5.41, 5.74) is 0.767. The molecular weight excluding hydrogens is 416 g/mol. The highest BCUT2D eigenvalue weighted by Gasteiger charge is 2.26. The minimum absolute atomic E-state index is 0.104. The number of carbonyl (C=O) groups excluding carboxylic acids is 1. The quantitative estimate of drug-likeness (QED) is 0.117. The summed E-state index contributed by atoms with van der Waals surface area (Å²) in [6.07, 6.45) is 26.8. The van der Waals surface area contributed by atoms with Gasteiger partial charge in [0, 0.05) is 5.41 Å². The Hall–Kier alpha value is -1.31. The summed E-state index contributed by atoms with van der Waals surface area (Å²) in [7, 11) is 0. The van der Waals surface area contributed by atoms with E-state index in [0.717, 1.165) is 0 Å². The van der Waals surface area contributed by atoms with Crippen LogP contribution in [-0.4, -0.2) is 12.6 Å². The third-order valence-electron chi connectivity index (χ3n) is 7.33. The summed E-state index contributed by atoms with van der Waals surface area (Å²) in [6.45, 7) is 7.46. The second kappa shape index (κ2) is 21.0. The Morgan fingerprint density at radius 3 is 1.41 bits per heavy atom. The highest BCUT2D eigenvalue weighted by molar-refractivity contribution is 5.89. The minimum atomic E-state index is -0.175. The zero-order chi connectivity index (χ0) is 24.7. The lowest BCUT2D eigenvalue weighted by Crippen LogP contribution is -2.25. The molecule has 1 unspecified atom stereocenters. The van der Waals surface area contributed by atoms with Crippen molar-refractivity contribution in [3.8, 4) is 0 Å². The van der Waals surface area contributed by atoms with Crippen molar-refractivity contribution in [3.05, 3.63) is 35.9 Å². The molecule has 0 bridgehead atoms. The second-order valence-electron chi connectivity index (χ2n) is 10.9. The average molecular weight is 473 g/mol.